The van der Waals surface area contributed by atoms with Crippen LogP contribution in [0, 0.1) is 0 Å². The van der Waals surface area contributed by atoms with Gasteiger partial charge in [-0.15, -0.1) is 0 Å². The quantitative estimate of drug-likeness (QED) is 0.493. The number of hydrogen-bond donors (Lipinski definition) is 1. The van der Waals surface area contributed by atoms with Crippen LogP contribution in [0.4, 0.5) is 0 Å². The third-order valence-electron chi connectivity index (χ3n) is 2.53. The summed E-state index contributed by atoms with van der Waals surface area (Å²) in [6.07, 6.45) is 0.160. The molecule has 1 aromatic rings. The Hall–Kier alpha value is -1.92. The predicted molar refractivity (Wildman–Crippen MR) is 74.7 cm³/mol. The van der Waals surface area contributed by atoms with Crippen LogP contribution >= 0.6 is 0 Å². The summed E-state index contributed by atoms with van der Waals surface area (Å²) in [6, 6.07) is 9.45. The average molecular weight is 296 g/mol. The molecule has 0 radical (unpaired) electrons. The Labute approximate surface area is 123 Å². The molecule has 0 saturated carbocycles. The van der Waals surface area contributed by atoms with Crippen LogP contribution in [0.15, 0.2) is 30.3 Å². The van der Waals surface area contributed by atoms with Gasteiger partial charge in [0, 0.05) is 0 Å². The van der Waals surface area contributed by atoms with Gasteiger partial charge in [-0.25, -0.2) is 0 Å². The van der Waals surface area contributed by atoms with Crippen LogP contribution in [-0.4, -0.2) is 43.5 Å². The third-order valence-corrected chi connectivity index (χ3v) is 2.53. The highest BCUT2D eigenvalue weighted by molar-refractivity contribution is 5.69. The smallest absolute Gasteiger partial charge is 0.308 e. The fourth-order valence-corrected chi connectivity index (χ4v) is 1.45. The largest absolute Gasteiger partial charge is 0.481 e. The monoisotopic (exact) mass is 296 g/mol. The van der Waals surface area contributed by atoms with Gasteiger partial charge in [0.05, 0.1) is 39.3 Å². The number of rotatable bonds is 11. The Morgan fingerprint density at radius 2 is 1.52 bits per heavy atom. The van der Waals surface area contributed by atoms with Gasteiger partial charge in [-0.1, -0.05) is 30.3 Å². The SMILES string of the molecule is O=C(O)CCOCCOCCC(=O)OCc1ccccc1. The van der Waals surface area contributed by atoms with Gasteiger partial charge in [0.1, 0.15) is 6.61 Å². The van der Waals surface area contributed by atoms with Crippen molar-refractivity contribution in [3.05, 3.63) is 35.9 Å². The zero-order valence-electron chi connectivity index (χ0n) is 11.8. The van der Waals surface area contributed by atoms with E-state index in [1.54, 1.807) is 0 Å². The van der Waals surface area contributed by atoms with Gasteiger partial charge < -0.3 is 19.3 Å². The normalized spacial score (nSPS) is 10.3. The maximum Gasteiger partial charge on any atom is 0.308 e. The van der Waals surface area contributed by atoms with E-state index >= 15 is 0 Å². The lowest BCUT2D eigenvalue weighted by atomic mass is 10.2. The first-order valence-electron chi connectivity index (χ1n) is 6.75. The molecule has 1 aromatic carbocycles. The summed E-state index contributed by atoms with van der Waals surface area (Å²) < 4.78 is 15.3. The molecule has 0 unspecified atom stereocenters. The van der Waals surface area contributed by atoms with Crippen molar-refractivity contribution in [1.29, 1.82) is 0 Å². The maximum atomic E-state index is 11.4. The molecule has 21 heavy (non-hydrogen) atoms. The Bertz CT molecular complexity index is 417. The molecule has 0 fully saturated rings. The molecule has 0 atom stereocenters. The van der Waals surface area contributed by atoms with Gasteiger partial charge in [0.15, 0.2) is 0 Å². The van der Waals surface area contributed by atoms with Crippen molar-refractivity contribution >= 4 is 11.9 Å². The predicted octanol–water partition coefficient (Wildman–Crippen LogP) is 1.63. The molecule has 0 heterocycles. The molecule has 0 spiro atoms. The molecule has 1 rings (SSSR count). The Kier molecular flexibility index (Phi) is 8.83. The first kappa shape index (κ1) is 17.1. The number of carbonyl (C=O) groups excluding carboxylic acids is 1. The van der Waals surface area contributed by atoms with E-state index in [4.69, 9.17) is 19.3 Å². The zero-order chi connectivity index (χ0) is 15.3. The molecule has 0 aliphatic rings. The minimum Gasteiger partial charge on any atom is -0.481 e. The molecular formula is C15H20O6. The minimum absolute atomic E-state index is 0.0220. The minimum atomic E-state index is -0.892. The number of hydrogen-bond acceptors (Lipinski definition) is 5. The molecule has 1 N–H and O–H groups in total. The molecule has 6 nitrogen and oxygen atoms in total. The molecule has 0 saturated heterocycles. The highest BCUT2D eigenvalue weighted by Crippen LogP contribution is 2.01. The molecular weight excluding hydrogens is 276 g/mol. The Balaban J connectivity index is 1.93. The summed E-state index contributed by atoms with van der Waals surface area (Å²) in [5.74, 6) is -1.21. The summed E-state index contributed by atoms with van der Waals surface area (Å²) in [6.45, 7) is 1.32. The lowest BCUT2D eigenvalue weighted by molar-refractivity contribution is -0.146. The molecule has 0 aromatic heterocycles. The summed E-state index contributed by atoms with van der Waals surface area (Å²) in [5, 5.41) is 8.39. The van der Waals surface area contributed by atoms with Crippen LogP contribution in [0.2, 0.25) is 0 Å². The van der Waals surface area contributed by atoms with E-state index in [0.717, 1.165) is 5.56 Å². The second-order valence-corrected chi connectivity index (χ2v) is 4.26. The van der Waals surface area contributed by atoms with Gasteiger partial charge in [0.25, 0.3) is 0 Å². The number of carboxylic acid groups (broad SMARTS) is 1. The fourth-order valence-electron chi connectivity index (χ4n) is 1.45. The molecule has 0 aliphatic heterocycles. The first-order chi connectivity index (χ1) is 10.2. The van der Waals surface area contributed by atoms with Crippen LogP contribution in [0.5, 0.6) is 0 Å². The Morgan fingerprint density at radius 3 is 2.14 bits per heavy atom. The second-order valence-electron chi connectivity index (χ2n) is 4.26. The highest BCUT2D eigenvalue weighted by atomic mass is 16.5. The van der Waals surface area contributed by atoms with Crippen molar-refractivity contribution in [3.8, 4) is 0 Å². The lowest BCUT2D eigenvalue weighted by Crippen LogP contribution is -2.12. The fraction of sp³-hybridized carbons (Fsp3) is 0.467. The molecule has 6 heteroatoms. The highest BCUT2D eigenvalue weighted by Gasteiger charge is 2.03. The summed E-state index contributed by atoms with van der Waals surface area (Å²) in [4.78, 5) is 21.6. The number of benzene rings is 1. The van der Waals surface area contributed by atoms with Crippen molar-refractivity contribution in [2.45, 2.75) is 19.4 Å². The second kappa shape index (κ2) is 10.8. The van der Waals surface area contributed by atoms with Gasteiger partial charge in [-0.3, -0.25) is 9.59 Å². The third kappa shape index (κ3) is 9.59. The molecule has 0 bridgehead atoms. The number of esters is 1. The molecule has 0 aliphatic carbocycles. The van der Waals surface area contributed by atoms with Gasteiger partial charge in [-0.2, -0.15) is 0 Å². The van der Waals surface area contributed by atoms with E-state index < -0.39 is 5.97 Å². The van der Waals surface area contributed by atoms with Crippen molar-refractivity contribution in [3.63, 3.8) is 0 Å². The van der Waals surface area contributed by atoms with Crippen LogP contribution in [-0.2, 0) is 30.4 Å². The van der Waals surface area contributed by atoms with Crippen molar-refractivity contribution < 1.29 is 28.9 Å². The van der Waals surface area contributed by atoms with Crippen LogP contribution in [0.3, 0.4) is 0 Å². The van der Waals surface area contributed by atoms with Crippen molar-refractivity contribution in [2.75, 3.05) is 26.4 Å². The van der Waals surface area contributed by atoms with E-state index in [9.17, 15) is 9.59 Å². The number of carboxylic acids is 1. The number of carbonyl (C=O) groups is 2. The van der Waals surface area contributed by atoms with Gasteiger partial charge in [-0.05, 0) is 5.56 Å². The van der Waals surface area contributed by atoms with Crippen LogP contribution < -0.4 is 0 Å². The van der Waals surface area contributed by atoms with Crippen molar-refractivity contribution in [2.24, 2.45) is 0 Å². The van der Waals surface area contributed by atoms with E-state index in [1.165, 1.54) is 0 Å². The van der Waals surface area contributed by atoms with Crippen LogP contribution in [0.1, 0.15) is 18.4 Å². The van der Waals surface area contributed by atoms with E-state index in [2.05, 4.69) is 0 Å². The first-order valence-corrected chi connectivity index (χ1v) is 6.75. The standard InChI is InChI=1S/C15H20O6/c16-14(17)6-8-19-10-11-20-9-7-15(18)21-12-13-4-2-1-3-5-13/h1-5H,6-12H2,(H,16,17). The van der Waals surface area contributed by atoms with E-state index in [0.29, 0.717) is 13.2 Å². The molecule has 116 valence electrons. The topological polar surface area (TPSA) is 82.1 Å². The van der Waals surface area contributed by atoms with Gasteiger partial charge in [0.2, 0.25) is 0 Å². The number of aliphatic carboxylic acids is 1. The zero-order valence-corrected chi connectivity index (χ0v) is 11.8. The van der Waals surface area contributed by atoms with Crippen LogP contribution in [0.25, 0.3) is 0 Å². The maximum absolute atomic E-state index is 11.4. The number of ether oxygens (including phenoxy) is 3. The van der Waals surface area contributed by atoms with E-state index in [-0.39, 0.29) is 38.6 Å². The van der Waals surface area contributed by atoms with E-state index in [1.807, 2.05) is 30.3 Å². The Morgan fingerprint density at radius 1 is 0.905 bits per heavy atom. The van der Waals surface area contributed by atoms with Gasteiger partial charge >= 0.3 is 11.9 Å². The summed E-state index contributed by atoms with van der Waals surface area (Å²) in [5.41, 5.74) is 0.943. The average Bonchev–Trinajstić information content (AvgIpc) is 2.48. The summed E-state index contributed by atoms with van der Waals surface area (Å²) in [7, 11) is 0. The lowest BCUT2D eigenvalue weighted by Gasteiger charge is -2.06. The summed E-state index contributed by atoms with van der Waals surface area (Å²) >= 11 is 0. The molecule has 0 amide bonds. The van der Waals surface area contributed by atoms with Crippen molar-refractivity contribution in [1.82, 2.24) is 0 Å².